The first kappa shape index (κ1) is 10.7. The molecule has 0 bridgehead atoms. The van der Waals surface area contributed by atoms with E-state index in [4.69, 9.17) is 0 Å². The van der Waals surface area contributed by atoms with Crippen LogP contribution in [0.1, 0.15) is 0 Å². The molecule has 0 radical (unpaired) electrons. The van der Waals surface area contributed by atoms with Gasteiger partial charge in [-0.1, -0.05) is 64.1 Å². The second-order valence-electron chi connectivity index (χ2n) is 4.37. The Morgan fingerprint density at radius 3 is 2.50 bits per heavy atom. The monoisotopic (exact) mass is 312 g/mol. The van der Waals surface area contributed by atoms with Gasteiger partial charge in [-0.15, -0.1) is 0 Å². The molecule has 0 amide bonds. The van der Waals surface area contributed by atoms with Crippen LogP contribution < -0.4 is 0 Å². The average Bonchev–Trinajstić information content (AvgIpc) is 2.42. The van der Waals surface area contributed by atoms with Gasteiger partial charge in [-0.2, -0.15) is 0 Å². The Balaban J connectivity index is 2.22. The minimum atomic E-state index is 1.17. The van der Waals surface area contributed by atoms with Crippen molar-refractivity contribution in [2.24, 2.45) is 0 Å². The van der Waals surface area contributed by atoms with Gasteiger partial charge in [-0.25, -0.2) is 0 Å². The summed E-state index contributed by atoms with van der Waals surface area (Å²) in [6.07, 6.45) is 0. The van der Waals surface area contributed by atoms with Gasteiger partial charge in [0.1, 0.15) is 0 Å². The van der Waals surface area contributed by atoms with Crippen LogP contribution in [0.3, 0.4) is 0 Å². The lowest BCUT2D eigenvalue weighted by Crippen LogP contribution is -1.92. The standard InChI is InChI=1S/C16H9BrS/c17-13-9-8-11-10-4-1-2-6-14(10)18-15-7-3-5-12(13)16(11)15/h1-9H. The van der Waals surface area contributed by atoms with Crippen molar-refractivity contribution in [2.45, 2.75) is 9.79 Å². The van der Waals surface area contributed by atoms with E-state index in [2.05, 4.69) is 70.5 Å². The Morgan fingerprint density at radius 1 is 0.722 bits per heavy atom. The quantitative estimate of drug-likeness (QED) is 0.399. The minimum absolute atomic E-state index is 1.17. The van der Waals surface area contributed by atoms with Crippen molar-refractivity contribution in [1.82, 2.24) is 0 Å². The zero-order valence-corrected chi connectivity index (χ0v) is 11.9. The molecular weight excluding hydrogens is 304 g/mol. The van der Waals surface area contributed by atoms with Gasteiger partial charge in [0.25, 0.3) is 0 Å². The maximum absolute atomic E-state index is 3.65. The number of rotatable bonds is 0. The molecule has 86 valence electrons. The molecule has 0 saturated carbocycles. The number of fused-ring (bicyclic) bond motifs is 2. The summed E-state index contributed by atoms with van der Waals surface area (Å²) in [6, 6.07) is 19.5. The molecule has 0 spiro atoms. The van der Waals surface area contributed by atoms with Crippen LogP contribution in [0.4, 0.5) is 0 Å². The highest BCUT2D eigenvalue weighted by Gasteiger charge is 2.18. The lowest BCUT2D eigenvalue weighted by molar-refractivity contribution is 1.39. The molecule has 0 atom stereocenters. The van der Waals surface area contributed by atoms with Gasteiger partial charge in [-0.3, -0.25) is 0 Å². The third-order valence-electron chi connectivity index (χ3n) is 3.35. The number of halogens is 1. The summed E-state index contributed by atoms with van der Waals surface area (Å²) < 4.78 is 1.17. The summed E-state index contributed by atoms with van der Waals surface area (Å²) in [4.78, 5) is 2.70. The van der Waals surface area contributed by atoms with Crippen LogP contribution in [-0.4, -0.2) is 0 Å². The molecule has 1 aliphatic rings. The Bertz CT molecular complexity index is 777. The lowest BCUT2D eigenvalue weighted by atomic mass is 9.98. The fourth-order valence-electron chi connectivity index (χ4n) is 2.54. The molecule has 4 rings (SSSR count). The minimum Gasteiger partial charge on any atom is -0.0888 e. The van der Waals surface area contributed by atoms with Gasteiger partial charge in [0.05, 0.1) is 0 Å². The van der Waals surface area contributed by atoms with Crippen LogP contribution in [0, 0.1) is 0 Å². The van der Waals surface area contributed by atoms with Crippen molar-refractivity contribution in [3.8, 4) is 11.1 Å². The highest BCUT2D eigenvalue weighted by Crippen LogP contribution is 2.48. The predicted molar refractivity (Wildman–Crippen MR) is 81.2 cm³/mol. The van der Waals surface area contributed by atoms with Gasteiger partial charge in [0.2, 0.25) is 0 Å². The summed E-state index contributed by atoms with van der Waals surface area (Å²) in [6.45, 7) is 0. The zero-order chi connectivity index (χ0) is 12.1. The van der Waals surface area contributed by atoms with Gasteiger partial charge < -0.3 is 0 Å². The smallest absolute Gasteiger partial charge is 0.0254 e. The van der Waals surface area contributed by atoms with E-state index >= 15 is 0 Å². The van der Waals surface area contributed by atoms with Gasteiger partial charge >= 0.3 is 0 Å². The van der Waals surface area contributed by atoms with E-state index in [9.17, 15) is 0 Å². The van der Waals surface area contributed by atoms with Gasteiger partial charge in [0.15, 0.2) is 0 Å². The first-order valence-electron chi connectivity index (χ1n) is 5.83. The summed E-state index contributed by atoms with van der Waals surface area (Å²) in [7, 11) is 0. The second kappa shape index (κ2) is 3.87. The molecule has 1 aliphatic heterocycles. The third-order valence-corrected chi connectivity index (χ3v) is 5.17. The SMILES string of the molecule is Brc1ccc2c3c(cccc13)Sc1ccccc1-2. The molecule has 1 heterocycles. The maximum atomic E-state index is 3.65. The summed E-state index contributed by atoms with van der Waals surface area (Å²) in [5.41, 5.74) is 2.69. The normalized spacial score (nSPS) is 12.5. The van der Waals surface area contributed by atoms with E-state index in [1.54, 1.807) is 0 Å². The molecule has 0 saturated heterocycles. The van der Waals surface area contributed by atoms with E-state index in [1.165, 1.54) is 36.2 Å². The van der Waals surface area contributed by atoms with Crippen LogP contribution >= 0.6 is 27.7 Å². The Kier molecular flexibility index (Phi) is 2.29. The second-order valence-corrected chi connectivity index (χ2v) is 6.31. The molecule has 0 nitrogen and oxygen atoms in total. The van der Waals surface area contributed by atoms with E-state index in [0.717, 1.165) is 0 Å². The first-order chi connectivity index (χ1) is 8.84. The fourth-order valence-corrected chi connectivity index (χ4v) is 4.15. The van der Waals surface area contributed by atoms with Crippen molar-refractivity contribution < 1.29 is 0 Å². The number of hydrogen-bond acceptors (Lipinski definition) is 1. The Labute approximate surface area is 118 Å². The first-order valence-corrected chi connectivity index (χ1v) is 7.44. The number of hydrogen-bond donors (Lipinski definition) is 0. The third kappa shape index (κ3) is 1.39. The van der Waals surface area contributed by atoms with Gasteiger partial charge in [0, 0.05) is 19.6 Å². The van der Waals surface area contributed by atoms with Crippen molar-refractivity contribution in [3.05, 3.63) is 59.1 Å². The van der Waals surface area contributed by atoms with E-state index in [1.807, 2.05) is 11.8 Å². The van der Waals surface area contributed by atoms with Crippen molar-refractivity contribution in [3.63, 3.8) is 0 Å². The van der Waals surface area contributed by atoms with Crippen molar-refractivity contribution in [1.29, 1.82) is 0 Å². The lowest BCUT2D eigenvalue weighted by Gasteiger charge is -2.20. The maximum Gasteiger partial charge on any atom is 0.0254 e. The molecule has 2 heteroatoms. The molecule has 0 aromatic heterocycles. The molecule has 0 N–H and O–H groups in total. The summed E-state index contributed by atoms with van der Waals surface area (Å²) >= 11 is 5.51. The van der Waals surface area contributed by atoms with Crippen LogP contribution in [0.25, 0.3) is 21.9 Å². The zero-order valence-electron chi connectivity index (χ0n) is 9.48. The topological polar surface area (TPSA) is 0 Å². The van der Waals surface area contributed by atoms with Crippen LogP contribution in [0.2, 0.25) is 0 Å². The van der Waals surface area contributed by atoms with Crippen LogP contribution in [0.5, 0.6) is 0 Å². The molecule has 3 aromatic rings. The van der Waals surface area contributed by atoms with Crippen molar-refractivity contribution in [2.75, 3.05) is 0 Å². The fraction of sp³-hybridized carbons (Fsp3) is 0. The highest BCUT2D eigenvalue weighted by molar-refractivity contribution is 9.10. The summed E-state index contributed by atoms with van der Waals surface area (Å²) in [5.74, 6) is 0. The van der Waals surface area contributed by atoms with E-state index < -0.39 is 0 Å². The van der Waals surface area contributed by atoms with Crippen molar-refractivity contribution >= 4 is 38.5 Å². The van der Waals surface area contributed by atoms with Gasteiger partial charge in [-0.05, 0) is 34.7 Å². The molecule has 0 aliphatic carbocycles. The van der Waals surface area contributed by atoms with Crippen LogP contribution in [-0.2, 0) is 0 Å². The molecule has 0 unspecified atom stereocenters. The summed E-state index contributed by atoms with van der Waals surface area (Å²) in [5, 5.41) is 2.67. The largest absolute Gasteiger partial charge is 0.0888 e. The number of benzene rings is 3. The molecule has 0 fully saturated rings. The molecule has 18 heavy (non-hydrogen) atoms. The Hall–Kier alpha value is -1.25. The molecule has 3 aromatic carbocycles. The average molecular weight is 313 g/mol. The predicted octanol–water partition coefficient (Wildman–Crippen LogP) is 5.73. The van der Waals surface area contributed by atoms with E-state index in [-0.39, 0.29) is 0 Å². The van der Waals surface area contributed by atoms with E-state index in [0.29, 0.717) is 0 Å². The van der Waals surface area contributed by atoms with Crippen LogP contribution in [0.15, 0.2) is 68.9 Å². The highest BCUT2D eigenvalue weighted by atomic mass is 79.9. The molecular formula is C16H9BrS. The Morgan fingerprint density at radius 2 is 1.56 bits per heavy atom.